The fourth-order valence-electron chi connectivity index (χ4n) is 2.69. The van der Waals surface area contributed by atoms with Gasteiger partial charge in [-0.15, -0.1) is 0 Å². The van der Waals surface area contributed by atoms with Gasteiger partial charge in [0, 0.05) is 36.4 Å². The van der Waals surface area contributed by atoms with Crippen molar-refractivity contribution >= 4 is 23.5 Å². The number of anilines is 1. The fourth-order valence-corrected chi connectivity index (χ4v) is 3.80. The first kappa shape index (κ1) is 16.2. The fraction of sp³-hybridized carbons (Fsp3) is 0.562. The number of benzene rings is 1. The van der Waals surface area contributed by atoms with Gasteiger partial charge in [-0.2, -0.15) is 11.8 Å². The zero-order valence-electron chi connectivity index (χ0n) is 12.8. The van der Waals surface area contributed by atoms with Gasteiger partial charge in [-0.1, -0.05) is 25.1 Å². The van der Waals surface area contributed by atoms with Crippen molar-refractivity contribution in [2.45, 2.75) is 32.7 Å². The van der Waals surface area contributed by atoms with E-state index in [9.17, 15) is 4.79 Å². The highest BCUT2D eigenvalue weighted by atomic mass is 32.2. The van der Waals surface area contributed by atoms with Crippen LogP contribution in [-0.4, -0.2) is 46.7 Å². The van der Waals surface area contributed by atoms with Crippen molar-refractivity contribution in [3.63, 3.8) is 0 Å². The van der Waals surface area contributed by atoms with Crippen molar-refractivity contribution in [3.05, 3.63) is 29.3 Å². The summed E-state index contributed by atoms with van der Waals surface area (Å²) >= 11 is 1.85. The Morgan fingerprint density at radius 1 is 1.52 bits per heavy atom. The van der Waals surface area contributed by atoms with Crippen LogP contribution in [0.4, 0.5) is 10.5 Å². The van der Waals surface area contributed by atoms with E-state index < -0.39 is 0 Å². The summed E-state index contributed by atoms with van der Waals surface area (Å²) in [5.74, 6) is 1.87. The molecule has 4 nitrogen and oxygen atoms in total. The lowest BCUT2D eigenvalue weighted by Gasteiger charge is -2.35. The number of hydrogen-bond acceptors (Lipinski definition) is 3. The van der Waals surface area contributed by atoms with Crippen molar-refractivity contribution < 1.29 is 9.90 Å². The van der Waals surface area contributed by atoms with E-state index in [1.54, 1.807) is 0 Å². The minimum absolute atomic E-state index is 0.0437. The second kappa shape index (κ2) is 7.71. The molecule has 1 atom stereocenters. The predicted octanol–water partition coefficient (Wildman–Crippen LogP) is 2.89. The van der Waals surface area contributed by atoms with Crippen LogP contribution in [0.3, 0.4) is 0 Å². The van der Waals surface area contributed by atoms with E-state index >= 15 is 0 Å². The molecule has 1 aromatic carbocycles. The maximum atomic E-state index is 12.6. The van der Waals surface area contributed by atoms with Crippen molar-refractivity contribution in [1.82, 2.24) is 4.90 Å². The Bertz CT molecular complexity index is 491. The largest absolute Gasteiger partial charge is 0.396 e. The summed E-state index contributed by atoms with van der Waals surface area (Å²) in [7, 11) is 0. The van der Waals surface area contributed by atoms with Gasteiger partial charge < -0.3 is 15.3 Å². The summed E-state index contributed by atoms with van der Waals surface area (Å²) in [5.41, 5.74) is 3.19. The van der Waals surface area contributed by atoms with Gasteiger partial charge in [0.05, 0.1) is 0 Å². The maximum absolute atomic E-state index is 12.6. The number of rotatable bonds is 4. The molecule has 2 N–H and O–H groups in total. The summed E-state index contributed by atoms with van der Waals surface area (Å²) in [5, 5.41) is 12.3. The van der Waals surface area contributed by atoms with Gasteiger partial charge in [0.1, 0.15) is 0 Å². The minimum atomic E-state index is -0.0437. The molecule has 0 aliphatic carbocycles. The summed E-state index contributed by atoms with van der Waals surface area (Å²) in [6.07, 6.45) is 1.54. The van der Waals surface area contributed by atoms with E-state index in [4.69, 9.17) is 5.11 Å². The highest BCUT2D eigenvalue weighted by molar-refractivity contribution is 7.99. The number of para-hydroxylation sites is 1. The Balaban J connectivity index is 2.13. The normalized spacial score (nSPS) is 18.6. The van der Waals surface area contributed by atoms with Crippen LogP contribution in [0.15, 0.2) is 18.2 Å². The lowest BCUT2D eigenvalue weighted by atomic mass is 10.1. The van der Waals surface area contributed by atoms with Gasteiger partial charge in [-0.25, -0.2) is 4.79 Å². The van der Waals surface area contributed by atoms with Crippen molar-refractivity contribution in [3.8, 4) is 0 Å². The molecule has 1 aliphatic heterocycles. The zero-order chi connectivity index (χ0) is 15.2. The molecule has 0 spiro atoms. The number of carbonyl (C=O) groups excluding carboxylic acids is 1. The van der Waals surface area contributed by atoms with E-state index in [0.29, 0.717) is 6.42 Å². The Morgan fingerprint density at radius 3 is 3.05 bits per heavy atom. The molecule has 1 aliphatic rings. The number of carbonyl (C=O) groups is 1. The van der Waals surface area contributed by atoms with Crippen LogP contribution < -0.4 is 5.32 Å². The smallest absolute Gasteiger partial charge is 0.322 e. The Morgan fingerprint density at radius 2 is 2.33 bits per heavy atom. The van der Waals surface area contributed by atoms with Crippen molar-refractivity contribution in [2.24, 2.45) is 0 Å². The molecule has 0 unspecified atom stereocenters. The molecule has 2 rings (SSSR count). The molecule has 0 aromatic heterocycles. The molecule has 0 bridgehead atoms. The summed E-state index contributed by atoms with van der Waals surface area (Å²) < 4.78 is 0. The van der Waals surface area contributed by atoms with Crippen LogP contribution in [0.2, 0.25) is 0 Å². The van der Waals surface area contributed by atoms with Crippen LogP contribution in [-0.2, 0) is 6.42 Å². The number of nitrogens with zero attached hydrogens (tertiary/aromatic N) is 1. The topological polar surface area (TPSA) is 52.6 Å². The Hall–Kier alpha value is -1.20. The third-order valence-corrected chi connectivity index (χ3v) is 5.01. The van der Waals surface area contributed by atoms with E-state index in [0.717, 1.165) is 41.3 Å². The van der Waals surface area contributed by atoms with Gasteiger partial charge in [-0.05, 0) is 30.9 Å². The molecule has 21 heavy (non-hydrogen) atoms. The summed E-state index contributed by atoms with van der Waals surface area (Å²) in [6.45, 7) is 4.98. The second-order valence-electron chi connectivity index (χ2n) is 5.33. The average Bonchev–Trinajstić information content (AvgIpc) is 2.50. The van der Waals surface area contributed by atoms with E-state index in [1.807, 2.05) is 35.7 Å². The van der Waals surface area contributed by atoms with Crippen molar-refractivity contribution in [1.29, 1.82) is 0 Å². The molecule has 0 saturated carbocycles. The van der Waals surface area contributed by atoms with E-state index in [-0.39, 0.29) is 18.7 Å². The first-order chi connectivity index (χ1) is 10.2. The number of nitrogens with one attached hydrogen (secondary N) is 1. The van der Waals surface area contributed by atoms with E-state index in [2.05, 4.69) is 18.3 Å². The number of urea groups is 1. The average molecular weight is 308 g/mol. The molecule has 1 heterocycles. The highest BCUT2D eigenvalue weighted by Gasteiger charge is 2.27. The van der Waals surface area contributed by atoms with Crippen molar-refractivity contribution in [2.75, 3.05) is 30.0 Å². The first-order valence-electron chi connectivity index (χ1n) is 7.52. The van der Waals surface area contributed by atoms with Gasteiger partial charge >= 0.3 is 6.03 Å². The second-order valence-corrected chi connectivity index (χ2v) is 6.48. The van der Waals surface area contributed by atoms with Gasteiger partial charge in [0.15, 0.2) is 0 Å². The molecular formula is C16H24N2O2S. The molecule has 5 heteroatoms. The molecule has 0 radical (unpaired) electrons. The number of hydrogen-bond donors (Lipinski definition) is 2. The summed E-state index contributed by atoms with van der Waals surface area (Å²) in [4.78, 5) is 14.5. The molecule has 1 aromatic rings. The van der Waals surface area contributed by atoms with Gasteiger partial charge in [0.2, 0.25) is 0 Å². The third-order valence-electron chi connectivity index (χ3n) is 3.92. The monoisotopic (exact) mass is 308 g/mol. The molecule has 1 saturated heterocycles. The lowest BCUT2D eigenvalue weighted by molar-refractivity contribution is 0.177. The Kier molecular flexibility index (Phi) is 5.94. The highest BCUT2D eigenvalue weighted by Crippen LogP contribution is 2.24. The quantitative estimate of drug-likeness (QED) is 0.899. The zero-order valence-corrected chi connectivity index (χ0v) is 13.6. The number of amides is 2. The van der Waals surface area contributed by atoms with Gasteiger partial charge in [-0.3, -0.25) is 0 Å². The van der Waals surface area contributed by atoms with Crippen LogP contribution in [0.25, 0.3) is 0 Å². The molecule has 1 fully saturated rings. The summed E-state index contributed by atoms with van der Waals surface area (Å²) in [6, 6.07) is 6.18. The van der Waals surface area contributed by atoms with Gasteiger partial charge in [0.25, 0.3) is 0 Å². The number of aliphatic hydroxyl groups is 1. The van der Waals surface area contributed by atoms with Crippen LogP contribution >= 0.6 is 11.8 Å². The van der Waals surface area contributed by atoms with Crippen LogP contribution in [0.5, 0.6) is 0 Å². The number of aryl methyl sites for hydroxylation is 2. The SMILES string of the molecule is CCc1cccc(C)c1NC(=O)N1CCSC[C@@H]1CCO. The van der Waals surface area contributed by atoms with E-state index in [1.165, 1.54) is 0 Å². The maximum Gasteiger partial charge on any atom is 0.322 e. The standard InChI is InChI=1S/C16H24N2O2S/c1-3-13-6-4-5-12(2)15(13)17-16(20)18-8-10-21-11-14(18)7-9-19/h4-6,14,19H,3,7-11H2,1-2H3,(H,17,20)/t14-/m0/s1. The van der Waals surface area contributed by atoms with Crippen LogP contribution in [0.1, 0.15) is 24.5 Å². The third kappa shape index (κ3) is 3.92. The molecule has 2 amide bonds. The Labute approximate surface area is 130 Å². The number of aliphatic hydroxyl groups excluding tert-OH is 1. The first-order valence-corrected chi connectivity index (χ1v) is 8.67. The number of thioether (sulfide) groups is 1. The van der Waals surface area contributed by atoms with Crippen LogP contribution in [0, 0.1) is 6.92 Å². The lowest BCUT2D eigenvalue weighted by Crippen LogP contribution is -2.48. The minimum Gasteiger partial charge on any atom is -0.396 e. The molecular weight excluding hydrogens is 284 g/mol. The predicted molar refractivity (Wildman–Crippen MR) is 89.1 cm³/mol. The molecule has 116 valence electrons.